The van der Waals surface area contributed by atoms with E-state index in [0.29, 0.717) is 17.5 Å². The number of halogens is 1. The number of para-hydroxylation sites is 1. The molecule has 6 nitrogen and oxygen atoms in total. The van der Waals surface area contributed by atoms with Gasteiger partial charge in [-0.3, -0.25) is 4.79 Å². The maximum absolute atomic E-state index is 14.8. The number of carbonyl (C=O) groups excluding carboxylic acids is 1. The normalized spacial score (nSPS) is 23.1. The van der Waals surface area contributed by atoms with Gasteiger partial charge in [-0.25, -0.2) is 9.07 Å². The molecule has 1 amide bonds. The highest BCUT2D eigenvalue weighted by Crippen LogP contribution is 2.35. The fourth-order valence-electron chi connectivity index (χ4n) is 4.80. The molecule has 3 aromatic rings. The van der Waals surface area contributed by atoms with Gasteiger partial charge in [0.2, 0.25) is 5.91 Å². The molecule has 2 heterocycles. The molecule has 4 atom stereocenters. The highest BCUT2D eigenvalue weighted by molar-refractivity contribution is 5.83. The van der Waals surface area contributed by atoms with Crippen molar-refractivity contribution in [3.8, 4) is 16.8 Å². The average molecular weight is 420 g/mol. The molecule has 7 heteroatoms. The van der Waals surface area contributed by atoms with Crippen LogP contribution in [0.25, 0.3) is 16.8 Å². The van der Waals surface area contributed by atoms with Gasteiger partial charge in [-0.15, -0.1) is 0 Å². The van der Waals surface area contributed by atoms with Gasteiger partial charge in [0.05, 0.1) is 24.1 Å². The van der Waals surface area contributed by atoms with Gasteiger partial charge in [0, 0.05) is 24.2 Å². The van der Waals surface area contributed by atoms with E-state index >= 15 is 0 Å². The summed E-state index contributed by atoms with van der Waals surface area (Å²) in [6.07, 6.45) is 6.49. The Balaban J connectivity index is 1.23. The Morgan fingerprint density at radius 1 is 1.23 bits per heavy atom. The van der Waals surface area contributed by atoms with Crippen LogP contribution >= 0.6 is 0 Å². The van der Waals surface area contributed by atoms with Crippen molar-refractivity contribution in [2.75, 3.05) is 0 Å². The highest BCUT2D eigenvalue weighted by Gasteiger charge is 2.42. The Kier molecular flexibility index (Phi) is 5.29. The molecule has 2 fully saturated rings. The minimum absolute atomic E-state index is 0.0787. The molecule has 1 aromatic heterocycles. The van der Waals surface area contributed by atoms with Crippen LogP contribution in [0, 0.1) is 11.7 Å². The molecule has 2 bridgehead atoms. The molecule has 5 rings (SSSR count). The van der Waals surface area contributed by atoms with Crippen LogP contribution in [0.4, 0.5) is 4.39 Å². The smallest absolute Gasteiger partial charge is 0.238 e. The van der Waals surface area contributed by atoms with Gasteiger partial charge < -0.3 is 16.4 Å². The molecule has 0 unspecified atom stereocenters. The van der Waals surface area contributed by atoms with E-state index < -0.39 is 6.17 Å². The van der Waals surface area contributed by atoms with Gasteiger partial charge in [0.15, 0.2) is 0 Å². The van der Waals surface area contributed by atoms with E-state index in [1.165, 1.54) is 6.07 Å². The van der Waals surface area contributed by atoms with Gasteiger partial charge in [-0.05, 0) is 54.5 Å². The van der Waals surface area contributed by atoms with Gasteiger partial charge in [0.25, 0.3) is 0 Å². The summed E-state index contributed by atoms with van der Waals surface area (Å²) in [5, 5.41) is 10.6. The van der Waals surface area contributed by atoms with Crippen LogP contribution in [0.5, 0.6) is 0 Å². The van der Waals surface area contributed by atoms with Crippen molar-refractivity contribution in [2.45, 2.75) is 43.9 Å². The third kappa shape index (κ3) is 4.11. The third-order valence-corrected chi connectivity index (χ3v) is 6.40. The molecule has 0 spiro atoms. The Morgan fingerprint density at radius 2 is 2.06 bits per heavy atom. The van der Waals surface area contributed by atoms with Crippen molar-refractivity contribution in [1.29, 1.82) is 0 Å². The van der Waals surface area contributed by atoms with Crippen LogP contribution in [-0.2, 0) is 11.2 Å². The van der Waals surface area contributed by atoms with E-state index in [-0.39, 0.29) is 24.2 Å². The van der Waals surface area contributed by atoms with Crippen LogP contribution in [0.1, 0.15) is 24.8 Å². The Bertz CT molecular complexity index is 1080. The van der Waals surface area contributed by atoms with Crippen molar-refractivity contribution in [3.63, 3.8) is 0 Å². The molecule has 1 saturated heterocycles. The number of nitrogens with two attached hydrogens (primary N) is 1. The Morgan fingerprint density at radius 3 is 2.77 bits per heavy atom. The second kappa shape index (κ2) is 8.24. The minimum Gasteiger partial charge on any atom is -0.339 e. The van der Waals surface area contributed by atoms with Crippen LogP contribution in [0.3, 0.4) is 0 Å². The van der Waals surface area contributed by atoms with Crippen molar-refractivity contribution < 1.29 is 9.18 Å². The summed E-state index contributed by atoms with van der Waals surface area (Å²) in [5.74, 6) is -0.0252. The second-order valence-corrected chi connectivity index (χ2v) is 8.55. The fraction of sp³-hybridized carbons (Fsp3) is 0.333. The van der Waals surface area contributed by atoms with E-state index in [1.807, 2.05) is 42.6 Å². The van der Waals surface area contributed by atoms with E-state index in [1.54, 1.807) is 16.9 Å². The number of carbonyl (C=O) groups is 1. The standard InChI is InChI=1S/C24H26FN5O/c25-21-11-15(18-13-27-30(14-18)20-4-2-1-3-5-20)6-7-16(21)12-22(26)29-24(31)23-17-8-9-19(10-17)28-23/h1-7,11,13-14,17,19,22-23,28H,8-10,12,26H2,(H,29,31)/t17-,19+,22-,23-/m0/s1. The monoisotopic (exact) mass is 419 g/mol. The zero-order chi connectivity index (χ0) is 21.4. The number of hydrogen-bond donors (Lipinski definition) is 3. The van der Waals surface area contributed by atoms with Crippen LogP contribution in [-0.4, -0.2) is 33.9 Å². The summed E-state index contributed by atoms with van der Waals surface area (Å²) in [6, 6.07) is 15.1. The zero-order valence-electron chi connectivity index (χ0n) is 17.2. The first-order chi connectivity index (χ1) is 15.1. The second-order valence-electron chi connectivity index (χ2n) is 8.55. The number of nitrogens with one attached hydrogen (secondary N) is 2. The first kappa shape index (κ1) is 19.9. The largest absolute Gasteiger partial charge is 0.339 e. The Labute approximate surface area is 180 Å². The third-order valence-electron chi connectivity index (χ3n) is 6.40. The molecule has 160 valence electrons. The summed E-state index contributed by atoms with van der Waals surface area (Å²) < 4.78 is 16.5. The first-order valence-electron chi connectivity index (χ1n) is 10.8. The summed E-state index contributed by atoms with van der Waals surface area (Å²) in [6.45, 7) is 0. The minimum atomic E-state index is -0.630. The lowest BCUT2D eigenvalue weighted by molar-refractivity contribution is -0.124. The lowest BCUT2D eigenvalue weighted by Gasteiger charge is -2.24. The molecule has 2 aromatic carbocycles. The first-order valence-corrected chi connectivity index (χ1v) is 10.8. The number of nitrogens with zero attached hydrogens (tertiary/aromatic N) is 2. The summed E-state index contributed by atoms with van der Waals surface area (Å²) >= 11 is 0. The van der Waals surface area contributed by atoms with Crippen LogP contribution in [0.15, 0.2) is 60.9 Å². The zero-order valence-corrected chi connectivity index (χ0v) is 17.2. The van der Waals surface area contributed by atoms with Gasteiger partial charge in [0.1, 0.15) is 5.82 Å². The van der Waals surface area contributed by atoms with Crippen molar-refractivity contribution in [1.82, 2.24) is 20.4 Å². The molecule has 31 heavy (non-hydrogen) atoms. The number of rotatable bonds is 6. The number of piperidine rings is 1. The number of fused-ring (bicyclic) bond motifs is 2. The molecular formula is C24H26FN5O. The number of amides is 1. The van der Waals surface area contributed by atoms with E-state index in [9.17, 15) is 9.18 Å². The van der Waals surface area contributed by atoms with Crippen LogP contribution in [0.2, 0.25) is 0 Å². The summed E-state index contributed by atoms with van der Waals surface area (Å²) in [7, 11) is 0. The fourth-order valence-corrected chi connectivity index (χ4v) is 4.80. The lowest BCUT2D eigenvalue weighted by atomic mass is 9.99. The molecule has 4 N–H and O–H groups in total. The Hall–Kier alpha value is -3.03. The molecule has 0 radical (unpaired) electrons. The average Bonchev–Trinajstić information content (AvgIpc) is 3.53. The quantitative estimate of drug-likeness (QED) is 0.537. The maximum atomic E-state index is 14.8. The van der Waals surface area contributed by atoms with E-state index in [2.05, 4.69) is 15.7 Å². The van der Waals surface area contributed by atoms with Gasteiger partial charge in [-0.2, -0.15) is 5.10 Å². The van der Waals surface area contributed by atoms with Crippen LogP contribution < -0.4 is 16.4 Å². The molecule has 1 aliphatic carbocycles. The van der Waals surface area contributed by atoms with Crippen molar-refractivity contribution in [3.05, 3.63) is 72.3 Å². The summed E-state index contributed by atoms with van der Waals surface area (Å²) in [5.41, 5.74) is 9.11. The predicted molar refractivity (Wildman–Crippen MR) is 117 cm³/mol. The van der Waals surface area contributed by atoms with E-state index in [0.717, 1.165) is 36.1 Å². The summed E-state index contributed by atoms with van der Waals surface area (Å²) in [4.78, 5) is 12.5. The highest BCUT2D eigenvalue weighted by atomic mass is 19.1. The van der Waals surface area contributed by atoms with Crippen molar-refractivity contribution >= 4 is 5.91 Å². The van der Waals surface area contributed by atoms with Crippen molar-refractivity contribution in [2.24, 2.45) is 11.7 Å². The number of hydrogen-bond acceptors (Lipinski definition) is 4. The van der Waals surface area contributed by atoms with Gasteiger partial charge in [-0.1, -0.05) is 30.3 Å². The SMILES string of the molecule is N[C@H](Cc1ccc(-c2cnn(-c3ccccc3)c2)cc1F)NC(=O)[C@H]1N[C@@H]2CC[C@H]1C2. The molecule has 1 aliphatic heterocycles. The lowest BCUT2D eigenvalue weighted by Crippen LogP contribution is -2.53. The number of benzene rings is 2. The van der Waals surface area contributed by atoms with Gasteiger partial charge >= 0.3 is 0 Å². The molecular weight excluding hydrogens is 393 g/mol. The molecule has 1 saturated carbocycles. The predicted octanol–water partition coefficient (Wildman–Crippen LogP) is 2.76. The topological polar surface area (TPSA) is 85.0 Å². The number of aromatic nitrogens is 2. The van der Waals surface area contributed by atoms with E-state index in [4.69, 9.17) is 5.73 Å². The molecule has 2 aliphatic rings. The maximum Gasteiger partial charge on any atom is 0.238 e.